The molecular weight excluding hydrogens is 359 g/mol. The first kappa shape index (κ1) is 19.8. The van der Waals surface area contributed by atoms with Gasteiger partial charge in [-0.15, -0.1) is 0 Å². The molecule has 3 aliphatic rings. The minimum Gasteiger partial charge on any atom is -0.378 e. The standard InChI is InChI=1S/C22H31FN2O3/c23-20-3-1-2-19(14-20)17-24-7-5-22(6-8-24)16-18(4-11-28-22)15-21(26)25-9-12-27-13-10-25/h1-3,14,18H,4-13,15-17H2. The SMILES string of the molecule is O=C(CC1CCOC2(CCN(Cc3cccc(F)c3)CC2)C1)N1CCOCC1. The molecule has 0 aliphatic carbocycles. The summed E-state index contributed by atoms with van der Waals surface area (Å²) in [6, 6.07) is 6.87. The van der Waals surface area contributed by atoms with Crippen LogP contribution in [-0.2, 0) is 20.8 Å². The first-order valence-electron chi connectivity index (χ1n) is 10.6. The predicted octanol–water partition coefficient (Wildman–Crippen LogP) is 2.84. The minimum atomic E-state index is -0.172. The van der Waals surface area contributed by atoms with Crippen LogP contribution in [-0.4, -0.2) is 67.3 Å². The molecule has 5 nitrogen and oxygen atoms in total. The Morgan fingerprint density at radius 1 is 1.14 bits per heavy atom. The van der Waals surface area contributed by atoms with E-state index in [9.17, 15) is 9.18 Å². The fraction of sp³-hybridized carbons (Fsp3) is 0.682. The van der Waals surface area contributed by atoms with Crippen molar-refractivity contribution in [1.29, 1.82) is 0 Å². The Hall–Kier alpha value is -1.50. The predicted molar refractivity (Wildman–Crippen MR) is 104 cm³/mol. The van der Waals surface area contributed by atoms with Crippen molar-refractivity contribution >= 4 is 5.91 Å². The smallest absolute Gasteiger partial charge is 0.223 e. The number of morpholine rings is 1. The van der Waals surface area contributed by atoms with Crippen LogP contribution < -0.4 is 0 Å². The van der Waals surface area contributed by atoms with Crippen LogP contribution in [0.3, 0.4) is 0 Å². The van der Waals surface area contributed by atoms with Gasteiger partial charge in [0, 0.05) is 45.8 Å². The van der Waals surface area contributed by atoms with E-state index in [0.717, 1.165) is 70.6 Å². The molecule has 0 saturated carbocycles. The lowest BCUT2D eigenvalue weighted by Gasteiger charge is -2.46. The van der Waals surface area contributed by atoms with Crippen LogP contribution in [0.1, 0.15) is 37.7 Å². The average Bonchev–Trinajstić information content (AvgIpc) is 2.71. The summed E-state index contributed by atoms with van der Waals surface area (Å²) in [5.41, 5.74) is 0.946. The molecule has 3 heterocycles. The van der Waals surface area contributed by atoms with Gasteiger partial charge in [-0.3, -0.25) is 9.69 Å². The summed E-state index contributed by atoms with van der Waals surface area (Å²) in [7, 11) is 0. The second kappa shape index (κ2) is 8.89. The van der Waals surface area contributed by atoms with E-state index in [1.54, 1.807) is 12.1 Å². The third kappa shape index (κ3) is 4.91. The van der Waals surface area contributed by atoms with Crippen LogP contribution in [0.5, 0.6) is 0 Å². The number of carbonyl (C=O) groups excluding carboxylic acids is 1. The van der Waals surface area contributed by atoms with E-state index in [4.69, 9.17) is 9.47 Å². The molecular formula is C22H31FN2O3. The Bertz CT molecular complexity index is 670. The van der Waals surface area contributed by atoms with Gasteiger partial charge in [-0.2, -0.15) is 0 Å². The van der Waals surface area contributed by atoms with Crippen molar-refractivity contribution in [2.45, 2.75) is 44.2 Å². The highest BCUT2D eigenvalue weighted by Crippen LogP contribution is 2.39. The van der Waals surface area contributed by atoms with Crippen molar-refractivity contribution < 1.29 is 18.7 Å². The fourth-order valence-electron chi connectivity index (χ4n) is 4.85. The van der Waals surface area contributed by atoms with E-state index in [-0.39, 0.29) is 17.3 Å². The third-order valence-electron chi connectivity index (χ3n) is 6.48. The van der Waals surface area contributed by atoms with Crippen LogP contribution in [0.25, 0.3) is 0 Å². The third-order valence-corrected chi connectivity index (χ3v) is 6.48. The number of rotatable bonds is 4. The van der Waals surface area contributed by atoms with Crippen LogP contribution >= 0.6 is 0 Å². The molecule has 0 radical (unpaired) electrons. The van der Waals surface area contributed by atoms with Crippen LogP contribution in [0.15, 0.2) is 24.3 Å². The lowest BCUT2D eigenvalue weighted by atomic mass is 9.78. The Morgan fingerprint density at radius 3 is 2.68 bits per heavy atom. The van der Waals surface area contributed by atoms with Crippen molar-refractivity contribution in [3.8, 4) is 0 Å². The van der Waals surface area contributed by atoms with E-state index >= 15 is 0 Å². The van der Waals surface area contributed by atoms with Gasteiger partial charge in [0.1, 0.15) is 5.82 Å². The fourth-order valence-corrected chi connectivity index (χ4v) is 4.85. The summed E-state index contributed by atoms with van der Waals surface area (Å²) in [6.07, 6.45) is 4.58. The monoisotopic (exact) mass is 390 g/mol. The molecule has 1 aromatic carbocycles. The van der Waals surface area contributed by atoms with Gasteiger partial charge in [0.15, 0.2) is 0 Å². The van der Waals surface area contributed by atoms with Gasteiger partial charge >= 0.3 is 0 Å². The molecule has 0 aromatic heterocycles. The number of hydrogen-bond donors (Lipinski definition) is 0. The topological polar surface area (TPSA) is 42.0 Å². The molecule has 0 bridgehead atoms. The minimum absolute atomic E-state index is 0.0767. The van der Waals surface area contributed by atoms with Gasteiger partial charge in [0.2, 0.25) is 5.91 Å². The zero-order valence-corrected chi connectivity index (χ0v) is 16.6. The molecule has 3 fully saturated rings. The molecule has 6 heteroatoms. The van der Waals surface area contributed by atoms with E-state index in [2.05, 4.69) is 4.90 Å². The number of amides is 1. The summed E-state index contributed by atoms with van der Waals surface area (Å²) < 4.78 is 25.0. The molecule has 1 atom stereocenters. The lowest BCUT2D eigenvalue weighted by molar-refractivity contribution is -0.145. The highest BCUT2D eigenvalue weighted by molar-refractivity contribution is 5.76. The second-order valence-corrected chi connectivity index (χ2v) is 8.49. The van der Waals surface area contributed by atoms with Gasteiger partial charge in [-0.25, -0.2) is 4.39 Å². The first-order chi connectivity index (χ1) is 13.6. The Labute approximate surface area is 166 Å². The normalized spacial score (nSPS) is 25.8. The Balaban J connectivity index is 1.27. The molecule has 1 unspecified atom stereocenters. The van der Waals surface area contributed by atoms with Crippen LogP contribution in [0.2, 0.25) is 0 Å². The molecule has 1 aromatic rings. The average molecular weight is 390 g/mol. The van der Waals surface area contributed by atoms with Gasteiger partial charge in [0.05, 0.1) is 18.8 Å². The van der Waals surface area contributed by atoms with Crippen LogP contribution in [0.4, 0.5) is 4.39 Å². The second-order valence-electron chi connectivity index (χ2n) is 8.49. The molecule has 3 aliphatic heterocycles. The number of nitrogens with zero attached hydrogens (tertiary/aromatic N) is 2. The van der Waals surface area contributed by atoms with E-state index < -0.39 is 0 Å². The maximum Gasteiger partial charge on any atom is 0.223 e. The van der Waals surface area contributed by atoms with Gasteiger partial charge in [-0.05, 0) is 49.3 Å². The van der Waals surface area contributed by atoms with E-state index in [1.165, 1.54) is 6.07 Å². The maximum absolute atomic E-state index is 13.4. The molecule has 28 heavy (non-hydrogen) atoms. The molecule has 0 N–H and O–H groups in total. The number of halogens is 1. The number of benzene rings is 1. The largest absolute Gasteiger partial charge is 0.378 e. The van der Waals surface area contributed by atoms with Crippen molar-refractivity contribution in [1.82, 2.24) is 9.80 Å². The molecule has 1 amide bonds. The molecule has 1 spiro atoms. The summed E-state index contributed by atoms with van der Waals surface area (Å²) >= 11 is 0. The zero-order valence-electron chi connectivity index (χ0n) is 16.6. The molecule has 3 saturated heterocycles. The highest BCUT2D eigenvalue weighted by Gasteiger charge is 2.41. The maximum atomic E-state index is 13.4. The summed E-state index contributed by atoms with van der Waals surface area (Å²) in [5, 5.41) is 0. The number of ether oxygens (including phenoxy) is 2. The van der Waals surface area contributed by atoms with Gasteiger partial charge in [0.25, 0.3) is 0 Å². The van der Waals surface area contributed by atoms with Gasteiger partial charge < -0.3 is 14.4 Å². The lowest BCUT2D eigenvalue weighted by Crippen LogP contribution is -2.50. The summed E-state index contributed by atoms with van der Waals surface area (Å²) in [4.78, 5) is 16.9. The molecule has 4 rings (SSSR count). The summed E-state index contributed by atoms with van der Waals surface area (Å²) in [5.74, 6) is 0.516. The molecule has 154 valence electrons. The summed E-state index contributed by atoms with van der Waals surface area (Å²) in [6.45, 7) is 6.22. The number of piperidine rings is 1. The quantitative estimate of drug-likeness (QED) is 0.793. The van der Waals surface area contributed by atoms with Gasteiger partial charge in [-0.1, -0.05) is 12.1 Å². The number of carbonyl (C=O) groups is 1. The zero-order chi connectivity index (χ0) is 19.4. The van der Waals surface area contributed by atoms with E-state index in [1.807, 2.05) is 11.0 Å². The Morgan fingerprint density at radius 2 is 1.93 bits per heavy atom. The van der Waals surface area contributed by atoms with Crippen molar-refractivity contribution in [3.63, 3.8) is 0 Å². The number of hydrogen-bond acceptors (Lipinski definition) is 4. The van der Waals surface area contributed by atoms with Crippen molar-refractivity contribution in [2.75, 3.05) is 46.0 Å². The van der Waals surface area contributed by atoms with E-state index in [0.29, 0.717) is 25.6 Å². The highest BCUT2D eigenvalue weighted by atomic mass is 19.1. The van der Waals surface area contributed by atoms with Crippen molar-refractivity contribution in [3.05, 3.63) is 35.6 Å². The Kier molecular flexibility index (Phi) is 6.28. The first-order valence-corrected chi connectivity index (χ1v) is 10.6. The van der Waals surface area contributed by atoms with Crippen LogP contribution in [0, 0.1) is 11.7 Å². The van der Waals surface area contributed by atoms with Crippen molar-refractivity contribution in [2.24, 2.45) is 5.92 Å². The number of likely N-dealkylation sites (tertiary alicyclic amines) is 1.